The summed E-state index contributed by atoms with van der Waals surface area (Å²) in [6.45, 7) is 8.50. The van der Waals surface area contributed by atoms with Crippen molar-refractivity contribution in [3.63, 3.8) is 0 Å². The zero-order valence-electron chi connectivity index (χ0n) is 15.9. The molecule has 136 valence electrons. The van der Waals surface area contributed by atoms with Crippen LogP contribution in [0.4, 0.5) is 0 Å². The second kappa shape index (κ2) is 8.05. The Labute approximate surface area is 149 Å². The van der Waals surface area contributed by atoms with Crippen molar-refractivity contribution in [3.8, 4) is 0 Å². The molecule has 0 aliphatic heterocycles. The highest BCUT2D eigenvalue weighted by atomic mass is 16.5. The van der Waals surface area contributed by atoms with Crippen molar-refractivity contribution in [2.45, 2.75) is 65.9 Å². The van der Waals surface area contributed by atoms with Gasteiger partial charge in [0, 0.05) is 26.4 Å². The molecule has 2 rings (SSSR count). The van der Waals surface area contributed by atoms with Gasteiger partial charge < -0.3 is 4.74 Å². The molecule has 4 nitrogen and oxygen atoms in total. The largest absolute Gasteiger partial charge is 0.380 e. The highest BCUT2D eigenvalue weighted by Gasteiger charge is 2.40. The summed E-state index contributed by atoms with van der Waals surface area (Å²) in [5.41, 5.74) is 5.54. The van der Waals surface area contributed by atoms with E-state index in [2.05, 4.69) is 13.0 Å². The number of ether oxygens (including phenoxy) is 1. The number of Topliss-reactive ketones (excluding diaryl/α,β-unsaturated/α-hetero) is 3. The van der Waals surface area contributed by atoms with E-state index in [1.165, 1.54) is 0 Å². The molecule has 1 fully saturated rings. The van der Waals surface area contributed by atoms with Crippen molar-refractivity contribution in [1.29, 1.82) is 0 Å². The smallest absolute Gasteiger partial charge is 0.151 e. The second-order valence-electron chi connectivity index (χ2n) is 7.15. The normalized spacial score (nSPS) is 20.8. The van der Waals surface area contributed by atoms with Crippen LogP contribution >= 0.6 is 0 Å². The maximum atomic E-state index is 12.5. The van der Waals surface area contributed by atoms with Crippen LogP contribution in [-0.4, -0.2) is 24.5 Å². The molecule has 0 unspecified atom stereocenters. The second-order valence-corrected chi connectivity index (χ2v) is 7.15. The van der Waals surface area contributed by atoms with E-state index in [0.717, 1.165) is 27.8 Å². The Morgan fingerprint density at radius 2 is 1.72 bits per heavy atom. The van der Waals surface area contributed by atoms with Crippen molar-refractivity contribution < 1.29 is 19.1 Å². The zero-order valence-corrected chi connectivity index (χ0v) is 15.9. The van der Waals surface area contributed by atoms with Crippen LogP contribution in [0.3, 0.4) is 0 Å². The molecule has 0 bridgehead atoms. The van der Waals surface area contributed by atoms with Crippen molar-refractivity contribution in [3.05, 3.63) is 33.9 Å². The quantitative estimate of drug-likeness (QED) is 0.737. The Kier molecular flexibility index (Phi) is 6.28. The van der Waals surface area contributed by atoms with E-state index < -0.39 is 5.92 Å². The van der Waals surface area contributed by atoms with Crippen LogP contribution in [0.15, 0.2) is 6.07 Å². The Morgan fingerprint density at radius 1 is 1.12 bits per heavy atom. The molecule has 1 saturated carbocycles. The number of hydrogen-bond donors (Lipinski definition) is 0. The number of ketones is 3. The van der Waals surface area contributed by atoms with Crippen molar-refractivity contribution >= 4 is 17.3 Å². The van der Waals surface area contributed by atoms with E-state index in [1.807, 2.05) is 20.8 Å². The molecule has 0 spiro atoms. The lowest BCUT2D eigenvalue weighted by Crippen LogP contribution is -2.38. The molecule has 0 heterocycles. The molecule has 1 aliphatic carbocycles. The van der Waals surface area contributed by atoms with Gasteiger partial charge in [-0.1, -0.05) is 13.0 Å². The van der Waals surface area contributed by atoms with Gasteiger partial charge in [0.2, 0.25) is 0 Å². The van der Waals surface area contributed by atoms with Gasteiger partial charge >= 0.3 is 0 Å². The van der Waals surface area contributed by atoms with Crippen molar-refractivity contribution in [2.24, 2.45) is 5.92 Å². The summed E-state index contributed by atoms with van der Waals surface area (Å²) in [6, 6.07) is 2.10. The summed E-state index contributed by atoms with van der Waals surface area (Å²) in [4.78, 5) is 37.2. The molecule has 0 radical (unpaired) electrons. The number of aryl methyl sites for hydroxylation is 2. The van der Waals surface area contributed by atoms with Gasteiger partial charge in [0.1, 0.15) is 5.92 Å². The maximum Gasteiger partial charge on any atom is 0.151 e. The zero-order chi connectivity index (χ0) is 18.7. The molecule has 1 aliphatic rings. The molecule has 25 heavy (non-hydrogen) atoms. The number of rotatable bonds is 6. The van der Waals surface area contributed by atoms with Gasteiger partial charge in [-0.3, -0.25) is 14.4 Å². The summed E-state index contributed by atoms with van der Waals surface area (Å²) >= 11 is 0. The highest BCUT2D eigenvalue weighted by Crippen LogP contribution is 2.38. The van der Waals surface area contributed by atoms with E-state index in [-0.39, 0.29) is 36.1 Å². The average Bonchev–Trinajstić information content (AvgIpc) is 2.51. The van der Waals surface area contributed by atoms with E-state index in [1.54, 1.807) is 7.11 Å². The third-order valence-corrected chi connectivity index (χ3v) is 5.24. The number of benzene rings is 1. The predicted molar refractivity (Wildman–Crippen MR) is 96.8 cm³/mol. The van der Waals surface area contributed by atoms with Gasteiger partial charge in [0.15, 0.2) is 17.3 Å². The molecule has 1 aromatic rings. The van der Waals surface area contributed by atoms with E-state index in [0.29, 0.717) is 19.4 Å². The van der Waals surface area contributed by atoms with Gasteiger partial charge in [0.25, 0.3) is 0 Å². The number of carbonyl (C=O) groups is 3. The molecule has 0 saturated heterocycles. The fourth-order valence-electron chi connectivity index (χ4n) is 4.17. The Bertz CT molecular complexity index is 684. The average molecular weight is 344 g/mol. The van der Waals surface area contributed by atoms with Crippen molar-refractivity contribution in [2.75, 3.05) is 7.11 Å². The molecule has 4 heteroatoms. The lowest BCUT2D eigenvalue weighted by atomic mass is 9.72. The standard InChI is InChI=1S/C21H28O4/c1-6-7-17(22)21-18(23)9-15(10-19(21)24)20-13(3)8-12(2)16(11-25-5)14(20)4/h8,15,21H,6-7,9-11H2,1-5H3. The Hall–Kier alpha value is -1.81. The van der Waals surface area contributed by atoms with Crippen LogP contribution in [0.1, 0.15) is 66.3 Å². The lowest BCUT2D eigenvalue weighted by Gasteiger charge is -2.29. The van der Waals surface area contributed by atoms with Gasteiger partial charge in [-0.25, -0.2) is 0 Å². The molecular weight excluding hydrogens is 316 g/mol. The minimum absolute atomic E-state index is 0.137. The predicted octanol–water partition coefficient (Wildman–Crippen LogP) is 3.76. The first-order valence-corrected chi connectivity index (χ1v) is 8.98. The van der Waals surface area contributed by atoms with Crippen LogP contribution in [0.25, 0.3) is 0 Å². The van der Waals surface area contributed by atoms with Crippen LogP contribution < -0.4 is 0 Å². The lowest BCUT2D eigenvalue weighted by molar-refractivity contribution is -0.142. The van der Waals surface area contributed by atoms with Gasteiger partial charge in [-0.15, -0.1) is 0 Å². The Morgan fingerprint density at radius 3 is 2.24 bits per heavy atom. The summed E-state index contributed by atoms with van der Waals surface area (Å²) in [7, 11) is 1.66. The van der Waals surface area contributed by atoms with Crippen LogP contribution in [0.5, 0.6) is 0 Å². The molecule has 0 aromatic heterocycles. The summed E-state index contributed by atoms with van der Waals surface area (Å²) in [5, 5.41) is 0. The fraction of sp³-hybridized carbons (Fsp3) is 0.571. The van der Waals surface area contributed by atoms with E-state index >= 15 is 0 Å². The molecule has 1 aromatic carbocycles. The molecule has 0 amide bonds. The maximum absolute atomic E-state index is 12.5. The van der Waals surface area contributed by atoms with E-state index in [4.69, 9.17) is 4.74 Å². The van der Waals surface area contributed by atoms with E-state index in [9.17, 15) is 14.4 Å². The van der Waals surface area contributed by atoms with Gasteiger partial charge in [-0.2, -0.15) is 0 Å². The minimum atomic E-state index is -1.03. The summed E-state index contributed by atoms with van der Waals surface area (Å²) in [6.07, 6.45) is 1.50. The van der Waals surface area contributed by atoms with Crippen LogP contribution in [0.2, 0.25) is 0 Å². The first-order valence-electron chi connectivity index (χ1n) is 8.98. The van der Waals surface area contributed by atoms with Gasteiger partial charge in [-0.05, 0) is 60.9 Å². The number of methoxy groups -OCH3 is 1. The van der Waals surface area contributed by atoms with Gasteiger partial charge in [0.05, 0.1) is 6.61 Å². The monoisotopic (exact) mass is 344 g/mol. The number of hydrogen-bond acceptors (Lipinski definition) is 4. The Balaban J connectivity index is 2.36. The summed E-state index contributed by atoms with van der Waals surface area (Å²) < 4.78 is 5.31. The third-order valence-electron chi connectivity index (χ3n) is 5.24. The third kappa shape index (κ3) is 3.90. The first kappa shape index (κ1) is 19.5. The number of carbonyl (C=O) groups excluding carboxylic acids is 3. The minimum Gasteiger partial charge on any atom is -0.380 e. The fourth-order valence-corrected chi connectivity index (χ4v) is 4.17. The highest BCUT2D eigenvalue weighted by molar-refractivity contribution is 6.21. The SMILES string of the molecule is CCCC(=O)C1C(=O)CC(c2c(C)cc(C)c(COC)c2C)CC1=O. The van der Waals surface area contributed by atoms with Crippen LogP contribution in [0, 0.1) is 26.7 Å². The molecular formula is C21H28O4. The summed E-state index contributed by atoms with van der Waals surface area (Å²) in [5.74, 6) is -1.81. The molecule has 0 atom stereocenters. The van der Waals surface area contributed by atoms with Crippen LogP contribution in [-0.2, 0) is 25.7 Å². The molecule has 0 N–H and O–H groups in total. The van der Waals surface area contributed by atoms with Crippen molar-refractivity contribution in [1.82, 2.24) is 0 Å². The topological polar surface area (TPSA) is 60.4 Å². The first-order chi connectivity index (χ1) is 11.8.